The van der Waals surface area contributed by atoms with E-state index in [1.807, 2.05) is 13.0 Å². The average molecular weight is 413 g/mol. The van der Waals surface area contributed by atoms with Gasteiger partial charge in [0, 0.05) is 27.6 Å². The van der Waals surface area contributed by atoms with Crippen molar-refractivity contribution in [3.05, 3.63) is 77.5 Å². The van der Waals surface area contributed by atoms with Crippen LogP contribution in [0.2, 0.25) is 0 Å². The molecule has 8 heteroatoms. The van der Waals surface area contributed by atoms with Gasteiger partial charge in [0.05, 0.1) is 6.61 Å². The Kier molecular flexibility index (Phi) is 5.31. The zero-order valence-electron chi connectivity index (χ0n) is 15.4. The summed E-state index contributed by atoms with van der Waals surface area (Å²) in [4.78, 5) is 1.04. The molecule has 148 valence electrons. The fourth-order valence-corrected chi connectivity index (χ4v) is 3.83. The van der Waals surface area contributed by atoms with Crippen LogP contribution in [0.4, 0.5) is 8.78 Å². The van der Waals surface area contributed by atoms with Gasteiger partial charge in [-0.05, 0) is 48.4 Å². The Morgan fingerprint density at radius 1 is 1.07 bits per heavy atom. The fourth-order valence-electron chi connectivity index (χ4n) is 2.99. The van der Waals surface area contributed by atoms with E-state index in [1.165, 1.54) is 23.9 Å². The van der Waals surface area contributed by atoms with Crippen LogP contribution in [0.3, 0.4) is 0 Å². The molecule has 0 radical (unpaired) electrons. The molecule has 2 aromatic carbocycles. The first-order valence-electron chi connectivity index (χ1n) is 8.84. The van der Waals surface area contributed by atoms with Crippen LogP contribution < -0.4 is 0 Å². The van der Waals surface area contributed by atoms with Crippen LogP contribution in [0.1, 0.15) is 17.2 Å². The summed E-state index contributed by atoms with van der Waals surface area (Å²) in [5.74, 6) is -0.684. The molecule has 0 aliphatic carbocycles. The first kappa shape index (κ1) is 19.5. The molecule has 0 bridgehead atoms. The second-order valence-electron chi connectivity index (χ2n) is 6.57. The number of fused-ring (bicyclic) bond motifs is 1. The lowest BCUT2D eigenvalue weighted by atomic mass is 10.0. The maximum atomic E-state index is 14.0. The van der Waals surface area contributed by atoms with Crippen LogP contribution in [-0.4, -0.2) is 31.4 Å². The van der Waals surface area contributed by atoms with Gasteiger partial charge in [-0.1, -0.05) is 23.9 Å². The first-order valence-corrected chi connectivity index (χ1v) is 9.65. The lowest BCUT2D eigenvalue weighted by Gasteiger charge is -2.11. The Bertz CT molecular complexity index is 1200. The van der Waals surface area contributed by atoms with Crippen molar-refractivity contribution in [3.8, 4) is 11.4 Å². The lowest BCUT2D eigenvalue weighted by Crippen LogP contribution is -2.03. The van der Waals surface area contributed by atoms with Gasteiger partial charge < -0.3 is 10.2 Å². The molecule has 2 heterocycles. The van der Waals surface area contributed by atoms with Crippen molar-refractivity contribution >= 4 is 17.4 Å². The number of hydrogen-bond acceptors (Lipinski definition) is 5. The van der Waals surface area contributed by atoms with Gasteiger partial charge in [0.2, 0.25) is 0 Å². The highest BCUT2D eigenvalue weighted by molar-refractivity contribution is 7.99. The minimum Gasteiger partial charge on any atom is -0.393 e. The predicted octanol–water partition coefficient (Wildman–Crippen LogP) is 4.16. The van der Waals surface area contributed by atoms with Gasteiger partial charge in [-0.3, -0.25) is 4.40 Å². The summed E-state index contributed by atoms with van der Waals surface area (Å²) in [6.07, 6.45) is 0.799. The number of rotatable bonds is 5. The number of aliphatic hydroxyl groups excluding tert-OH is 2. The second kappa shape index (κ2) is 7.90. The van der Waals surface area contributed by atoms with Crippen LogP contribution in [0.15, 0.2) is 64.5 Å². The molecule has 1 atom stereocenters. The second-order valence-corrected chi connectivity index (χ2v) is 7.68. The van der Waals surface area contributed by atoms with E-state index in [9.17, 15) is 19.0 Å². The number of pyridine rings is 1. The molecule has 0 saturated heterocycles. The van der Waals surface area contributed by atoms with Gasteiger partial charge in [-0.15, -0.1) is 10.2 Å². The van der Waals surface area contributed by atoms with Crippen LogP contribution >= 0.6 is 11.8 Å². The minimum absolute atomic E-state index is 0.310. The summed E-state index contributed by atoms with van der Waals surface area (Å²) in [6, 6.07) is 12.4. The van der Waals surface area contributed by atoms with Crippen molar-refractivity contribution in [3.63, 3.8) is 0 Å². The molecule has 2 N–H and O–H groups in total. The Hall–Kier alpha value is -2.81. The molecule has 0 aliphatic heterocycles. The third-order valence-electron chi connectivity index (χ3n) is 4.56. The molecule has 0 aliphatic rings. The van der Waals surface area contributed by atoms with Crippen LogP contribution in [0.5, 0.6) is 0 Å². The number of aryl methyl sites for hydroxylation is 1. The Balaban J connectivity index is 1.76. The maximum Gasteiger partial charge on any atom is 0.168 e. The molecule has 0 amide bonds. The normalized spacial score (nSPS) is 12.4. The number of aromatic nitrogens is 3. The smallest absolute Gasteiger partial charge is 0.168 e. The summed E-state index contributed by atoms with van der Waals surface area (Å²) < 4.78 is 28.9. The zero-order chi connectivity index (χ0) is 20.5. The van der Waals surface area contributed by atoms with Crippen molar-refractivity contribution < 1.29 is 19.0 Å². The van der Waals surface area contributed by atoms with Gasteiger partial charge in [0.1, 0.15) is 17.7 Å². The molecule has 4 aromatic rings. The maximum absolute atomic E-state index is 14.0. The van der Waals surface area contributed by atoms with E-state index in [0.717, 1.165) is 22.1 Å². The topological polar surface area (TPSA) is 70.7 Å². The van der Waals surface area contributed by atoms with Crippen molar-refractivity contribution in [1.29, 1.82) is 0 Å². The van der Waals surface area contributed by atoms with Crippen LogP contribution in [0, 0.1) is 18.6 Å². The summed E-state index contributed by atoms with van der Waals surface area (Å²) in [5.41, 5.74) is 2.87. The first-order chi connectivity index (χ1) is 14.0. The minimum atomic E-state index is -0.985. The van der Waals surface area contributed by atoms with E-state index in [4.69, 9.17) is 0 Å². The van der Waals surface area contributed by atoms with Crippen LogP contribution in [-0.2, 0) is 0 Å². The fraction of sp³-hybridized carbons (Fsp3) is 0.143. The summed E-state index contributed by atoms with van der Waals surface area (Å²) in [5, 5.41) is 27.6. The van der Waals surface area contributed by atoms with Crippen molar-refractivity contribution in [2.75, 3.05) is 6.61 Å². The van der Waals surface area contributed by atoms with Gasteiger partial charge in [-0.2, -0.15) is 0 Å². The number of nitrogens with zero attached hydrogens (tertiary/aromatic N) is 3. The molecule has 0 spiro atoms. The molecule has 0 fully saturated rings. The predicted molar refractivity (Wildman–Crippen MR) is 106 cm³/mol. The van der Waals surface area contributed by atoms with E-state index >= 15 is 0 Å². The number of aliphatic hydroxyl groups is 2. The van der Waals surface area contributed by atoms with E-state index in [0.29, 0.717) is 21.9 Å². The Labute approximate surface area is 169 Å². The molecule has 1 unspecified atom stereocenters. The monoisotopic (exact) mass is 413 g/mol. The largest absolute Gasteiger partial charge is 0.393 e. The molecule has 0 saturated carbocycles. The van der Waals surface area contributed by atoms with E-state index in [-0.39, 0.29) is 6.61 Å². The number of hydrogen-bond donors (Lipinski definition) is 2. The third-order valence-corrected chi connectivity index (χ3v) is 5.59. The molecule has 4 rings (SSSR count). The van der Waals surface area contributed by atoms with Crippen molar-refractivity contribution in [2.45, 2.75) is 22.8 Å². The van der Waals surface area contributed by atoms with E-state index < -0.39 is 17.7 Å². The quantitative estimate of drug-likeness (QED) is 0.514. The number of halogens is 2. The van der Waals surface area contributed by atoms with Crippen LogP contribution in [0.25, 0.3) is 17.0 Å². The number of benzene rings is 2. The van der Waals surface area contributed by atoms with E-state index in [1.54, 1.807) is 34.9 Å². The Morgan fingerprint density at radius 2 is 1.90 bits per heavy atom. The summed E-state index contributed by atoms with van der Waals surface area (Å²) in [7, 11) is 0. The van der Waals surface area contributed by atoms with Crippen molar-refractivity contribution in [1.82, 2.24) is 14.6 Å². The van der Waals surface area contributed by atoms with Gasteiger partial charge >= 0.3 is 0 Å². The highest BCUT2D eigenvalue weighted by Crippen LogP contribution is 2.32. The van der Waals surface area contributed by atoms with Gasteiger partial charge in [0.25, 0.3) is 0 Å². The SMILES string of the molecule is Cc1ccc(C(O)CO)cc1-c1nnc2ccc(Sc3ccc(F)cc3F)cn12. The van der Waals surface area contributed by atoms with E-state index in [2.05, 4.69) is 10.2 Å². The highest BCUT2D eigenvalue weighted by atomic mass is 32.2. The molecule has 5 nitrogen and oxygen atoms in total. The van der Waals surface area contributed by atoms with Gasteiger partial charge in [0.15, 0.2) is 11.5 Å². The average Bonchev–Trinajstić information content (AvgIpc) is 3.13. The standard InChI is InChI=1S/C21H17F2N3O2S/c1-12-2-3-13(18(28)11-27)8-16(12)21-25-24-20-7-5-15(10-26(20)21)29-19-6-4-14(22)9-17(19)23/h2-10,18,27-28H,11H2,1H3. The van der Waals surface area contributed by atoms with Gasteiger partial charge in [-0.25, -0.2) is 8.78 Å². The Morgan fingerprint density at radius 3 is 2.66 bits per heavy atom. The lowest BCUT2D eigenvalue weighted by molar-refractivity contribution is 0.0956. The molecular weight excluding hydrogens is 396 g/mol. The summed E-state index contributed by atoms with van der Waals surface area (Å²) in [6.45, 7) is 1.53. The molecular formula is C21H17F2N3O2S. The highest BCUT2D eigenvalue weighted by Gasteiger charge is 2.15. The molecule has 2 aromatic heterocycles. The zero-order valence-corrected chi connectivity index (χ0v) is 16.2. The summed E-state index contributed by atoms with van der Waals surface area (Å²) >= 11 is 1.17. The molecule has 29 heavy (non-hydrogen) atoms. The van der Waals surface area contributed by atoms with Crippen molar-refractivity contribution in [2.24, 2.45) is 0 Å². The third kappa shape index (κ3) is 3.87.